The summed E-state index contributed by atoms with van der Waals surface area (Å²) in [4.78, 5) is 11.5. The van der Waals surface area contributed by atoms with Crippen molar-refractivity contribution in [1.82, 2.24) is 10.4 Å². The van der Waals surface area contributed by atoms with Gasteiger partial charge >= 0.3 is 0 Å². The highest BCUT2D eigenvalue weighted by atomic mass is 79.9. The van der Waals surface area contributed by atoms with Crippen LogP contribution in [0.3, 0.4) is 0 Å². The molecular formula is C8H15BrN2O2. The van der Waals surface area contributed by atoms with Crippen molar-refractivity contribution in [3.8, 4) is 0 Å². The average Bonchev–Trinajstić information content (AvgIpc) is 2.04. The number of nitrogens with one attached hydrogen (secondary N) is 1. The molecule has 0 aromatic rings. The molecular weight excluding hydrogens is 236 g/mol. The van der Waals surface area contributed by atoms with Gasteiger partial charge < -0.3 is 4.74 Å². The van der Waals surface area contributed by atoms with Gasteiger partial charge in [0.05, 0.1) is 17.5 Å². The van der Waals surface area contributed by atoms with Crippen molar-refractivity contribution in [1.29, 1.82) is 0 Å². The molecule has 5 heteroatoms. The Balaban J connectivity index is 2.35. The summed E-state index contributed by atoms with van der Waals surface area (Å²) < 4.78 is 4.65. The molecule has 0 unspecified atom stereocenters. The molecule has 0 aromatic carbocycles. The Morgan fingerprint density at radius 2 is 2.00 bits per heavy atom. The quantitative estimate of drug-likeness (QED) is 0.727. The summed E-state index contributed by atoms with van der Waals surface area (Å²) in [7, 11) is 0. The maximum Gasteiger partial charge on any atom is 0.250 e. The minimum absolute atomic E-state index is 0.0191. The van der Waals surface area contributed by atoms with E-state index in [2.05, 4.69) is 21.4 Å². The molecule has 76 valence electrons. The van der Waals surface area contributed by atoms with Crippen LogP contribution in [0.25, 0.3) is 0 Å². The summed E-state index contributed by atoms with van der Waals surface area (Å²) in [6.45, 7) is 6.53. The number of amides is 1. The predicted molar refractivity (Wildman–Crippen MR) is 53.5 cm³/mol. The second-order valence-corrected chi connectivity index (χ2v) is 5.50. The molecule has 0 atom stereocenters. The first-order valence-electron chi connectivity index (χ1n) is 4.33. The van der Waals surface area contributed by atoms with Gasteiger partial charge in [-0.15, -0.1) is 0 Å². The van der Waals surface area contributed by atoms with Crippen molar-refractivity contribution < 1.29 is 9.53 Å². The largest absolute Gasteiger partial charge is 0.379 e. The number of carbonyl (C=O) groups excluding carboxylic acids is 1. The Labute approximate surface area is 86.7 Å². The number of halogens is 1. The Bertz CT molecular complexity index is 185. The van der Waals surface area contributed by atoms with E-state index in [9.17, 15) is 4.79 Å². The van der Waals surface area contributed by atoms with Crippen LogP contribution in [-0.2, 0) is 9.53 Å². The summed E-state index contributed by atoms with van der Waals surface area (Å²) >= 11 is 3.30. The topological polar surface area (TPSA) is 41.6 Å². The highest BCUT2D eigenvalue weighted by Crippen LogP contribution is 2.15. The number of rotatable bonds is 2. The van der Waals surface area contributed by atoms with E-state index in [0.29, 0.717) is 13.2 Å². The molecule has 1 rings (SSSR count). The van der Waals surface area contributed by atoms with Crippen LogP contribution in [0.2, 0.25) is 0 Å². The number of carbonyl (C=O) groups is 1. The second kappa shape index (κ2) is 4.39. The summed E-state index contributed by atoms with van der Waals surface area (Å²) in [6, 6.07) is 0. The first-order valence-corrected chi connectivity index (χ1v) is 5.12. The Morgan fingerprint density at radius 3 is 2.46 bits per heavy atom. The normalized spacial score (nSPS) is 19.9. The van der Waals surface area contributed by atoms with Crippen molar-refractivity contribution in [2.24, 2.45) is 0 Å². The molecule has 0 saturated carbocycles. The molecule has 1 saturated heterocycles. The van der Waals surface area contributed by atoms with E-state index in [1.54, 1.807) is 0 Å². The van der Waals surface area contributed by atoms with Crippen LogP contribution < -0.4 is 5.43 Å². The molecule has 1 aliphatic rings. The summed E-state index contributed by atoms with van der Waals surface area (Å²) in [5.41, 5.74) is 2.83. The van der Waals surface area contributed by atoms with E-state index in [0.717, 1.165) is 13.1 Å². The average molecular weight is 251 g/mol. The molecule has 1 amide bonds. The summed E-state index contributed by atoms with van der Waals surface area (Å²) in [5, 5.41) is 1.88. The minimum Gasteiger partial charge on any atom is -0.379 e. The Kier molecular flexibility index (Phi) is 3.70. The van der Waals surface area contributed by atoms with Crippen LogP contribution in [0.5, 0.6) is 0 Å². The van der Waals surface area contributed by atoms with Crippen LogP contribution in [0.1, 0.15) is 13.8 Å². The lowest BCUT2D eigenvalue weighted by atomic mass is 10.2. The van der Waals surface area contributed by atoms with Crippen molar-refractivity contribution in [3.05, 3.63) is 0 Å². The van der Waals surface area contributed by atoms with Crippen molar-refractivity contribution in [2.75, 3.05) is 26.3 Å². The van der Waals surface area contributed by atoms with Crippen LogP contribution in [0.4, 0.5) is 0 Å². The molecule has 1 heterocycles. The smallest absolute Gasteiger partial charge is 0.250 e. The van der Waals surface area contributed by atoms with Gasteiger partial charge in [0.15, 0.2) is 0 Å². The van der Waals surface area contributed by atoms with Crippen molar-refractivity contribution >= 4 is 21.8 Å². The molecule has 4 nitrogen and oxygen atoms in total. The number of nitrogens with zero attached hydrogens (tertiary/aromatic N) is 1. The Morgan fingerprint density at radius 1 is 1.46 bits per heavy atom. The lowest BCUT2D eigenvalue weighted by Crippen LogP contribution is -2.52. The van der Waals surface area contributed by atoms with E-state index in [1.807, 2.05) is 18.9 Å². The van der Waals surface area contributed by atoms with Gasteiger partial charge in [0.25, 0.3) is 5.91 Å². The number of hydrogen-bond acceptors (Lipinski definition) is 3. The summed E-state index contributed by atoms with van der Waals surface area (Å²) in [6.07, 6.45) is 0. The van der Waals surface area contributed by atoms with Gasteiger partial charge in [0.2, 0.25) is 0 Å². The monoisotopic (exact) mass is 250 g/mol. The van der Waals surface area contributed by atoms with Crippen LogP contribution in [0, 0.1) is 0 Å². The SMILES string of the molecule is CC(C)(Br)C(=O)NN1CCOCC1. The Hall–Kier alpha value is -0.130. The van der Waals surface area contributed by atoms with Crippen molar-refractivity contribution in [2.45, 2.75) is 18.2 Å². The van der Waals surface area contributed by atoms with Gasteiger partial charge in [0, 0.05) is 13.1 Å². The van der Waals surface area contributed by atoms with Gasteiger partial charge in [-0.3, -0.25) is 10.2 Å². The standard InChI is InChI=1S/C8H15BrN2O2/c1-8(2,9)7(12)10-11-3-5-13-6-4-11/h3-6H2,1-2H3,(H,10,12). The summed E-state index contributed by atoms with van der Waals surface area (Å²) in [5.74, 6) is -0.0191. The van der Waals surface area contributed by atoms with E-state index >= 15 is 0 Å². The maximum atomic E-state index is 11.5. The predicted octanol–water partition coefficient (Wildman–Crippen LogP) is 0.523. The molecule has 1 N–H and O–H groups in total. The van der Waals surface area contributed by atoms with Crippen LogP contribution in [-0.4, -0.2) is 41.5 Å². The third-order valence-electron chi connectivity index (χ3n) is 1.81. The molecule has 0 bridgehead atoms. The van der Waals surface area contributed by atoms with Gasteiger partial charge in [-0.1, -0.05) is 15.9 Å². The van der Waals surface area contributed by atoms with Crippen LogP contribution in [0.15, 0.2) is 0 Å². The second-order valence-electron chi connectivity index (χ2n) is 3.51. The van der Waals surface area contributed by atoms with E-state index in [1.165, 1.54) is 0 Å². The van der Waals surface area contributed by atoms with E-state index in [-0.39, 0.29) is 5.91 Å². The lowest BCUT2D eigenvalue weighted by molar-refractivity contribution is -0.129. The fraction of sp³-hybridized carbons (Fsp3) is 0.875. The molecule has 13 heavy (non-hydrogen) atoms. The molecule has 0 aliphatic carbocycles. The van der Waals surface area contributed by atoms with Gasteiger partial charge in [-0.2, -0.15) is 0 Å². The highest BCUT2D eigenvalue weighted by Gasteiger charge is 2.25. The third kappa shape index (κ3) is 3.62. The number of ether oxygens (including phenoxy) is 1. The minimum atomic E-state index is -0.509. The third-order valence-corrected chi connectivity index (χ3v) is 2.17. The van der Waals surface area contributed by atoms with Crippen molar-refractivity contribution in [3.63, 3.8) is 0 Å². The van der Waals surface area contributed by atoms with Gasteiger partial charge in [-0.05, 0) is 13.8 Å². The fourth-order valence-electron chi connectivity index (χ4n) is 0.952. The first kappa shape index (κ1) is 10.9. The number of hydrogen-bond donors (Lipinski definition) is 1. The first-order chi connectivity index (χ1) is 6.00. The fourth-order valence-corrected chi connectivity index (χ4v) is 1.04. The molecule has 0 spiro atoms. The zero-order valence-corrected chi connectivity index (χ0v) is 9.56. The zero-order valence-electron chi connectivity index (χ0n) is 7.97. The number of alkyl halides is 1. The molecule has 0 radical (unpaired) electrons. The van der Waals surface area contributed by atoms with E-state index in [4.69, 9.17) is 4.74 Å². The highest BCUT2D eigenvalue weighted by molar-refractivity contribution is 9.10. The molecule has 1 fully saturated rings. The molecule has 1 aliphatic heterocycles. The maximum absolute atomic E-state index is 11.5. The zero-order chi connectivity index (χ0) is 9.90. The van der Waals surface area contributed by atoms with Crippen LogP contribution >= 0.6 is 15.9 Å². The number of morpholine rings is 1. The van der Waals surface area contributed by atoms with Gasteiger partial charge in [-0.25, -0.2) is 5.01 Å². The number of hydrazine groups is 1. The molecule has 0 aromatic heterocycles. The van der Waals surface area contributed by atoms with Gasteiger partial charge in [0.1, 0.15) is 0 Å². The van der Waals surface area contributed by atoms with E-state index < -0.39 is 4.32 Å². The lowest BCUT2D eigenvalue weighted by Gasteiger charge is -2.29.